The zero-order valence-electron chi connectivity index (χ0n) is 11.5. The summed E-state index contributed by atoms with van der Waals surface area (Å²) in [6.07, 6.45) is 1.48. The highest BCUT2D eigenvalue weighted by Crippen LogP contribution is 2.29. The van der Waals surface area contributed by atoms with Gasteiger partial charge in [-0.15, -0.1) is 0 Å². The Hall–Kier alpha value is -1.44. The van der Waals surface area contributed by atoms with E-state index in [-0.39, 0.29) is 5.82 Å². The fourth-order valence-corrected chi connectivity index (χ4v) is 2.59. The van der Waals surface area contributed by atoms with E-state index in [2.05, 4.69) is 15.4 Å². The van der Waals surface area contributed by atoms with E-state index in [1.54, 1.807) is 17.9 Å². The molecule has 2 aromatic rings. The van der Waals surface area contributed by atoms with E-state index in [1.807, 2.05) is 13.1 Å². The SMILES string of the molecule is COCCNCc1c(F)cccc1Sc1ncnn1C. The third-order valence-electron chi connectivity index (χ3n) is 2.73. The highest BCUT2D eigenvalue weighted by molar-refractivity contribution is 7.99. The number of nitrogens with zero attached hydrogens (tertiary/aromatic N) is 3. The predicted octanol–water partition coefficient (Wildman–Crippen LogP) is 1.84. The average Bonchev–Trinajstić information content (AvgIpc) is 2.83. The summed E-state index contributed by atoms with van der Waals surface area (Å²) >= 11 is 1.40. The Morgan fingerprint density at radius 1 is 1.45 bits per heavy atom. The van der Waals surface area contributed by atoms with Gasteiger partial charge in [-0.3, -0.25) is 0 Å². The lowest BCUT2D eigenvalue weighted by atomic mass is 10.2. The van der Waals surface area contributed by atoms with Crippen molar-refractivity contribution in [3.05, 3.63) is 35.9 Å². The zero-order chi connectivity index (χ0) is 14.4. The van der Waals surface area contributed by atoms with Gasteiger partial charge in [0.25, 0.3) is 0 Å². The quantitative estimate of drug-likeness (QED) is 0.790. The highest BCUT2D eigenvalue weighted by atomic mass is 32.2. The molecule has 0 atom stereocenters. The van der Waals surface area contributed by atoms with Gasteiger partial charge in [0.2, 0.25) is 0 Å². The van der Waals surface area contributed by atoms with Crippen molar-refractivity contribution in [2.45, 2.75) is 16.6 Å². The average molecular weight is 296 g/mol. The van der Waals surface area contributed by atoms with Crippen molar-refractivity contribution in [3.8, 4) is 0 Å². The molecule has 1 heterocycles. The van der Waals surface area contributed by atoms with Crippen LogP contribution in [0.4, 0.5) is 4.39 Å². The first kappa shape index (κ1) is 15.0. The predicted molar refractivity (Wildman–Crippen MR) is 75.1 cm³/mol. The molecule has 1 aromatic heterocycles. The molecular weight excluding hydrogens is 279 g/mol. The summed E-state index contributed by atoms with van der Waals surface area (Å²) in [5, 5.41) is 7.90. The van der Waals surface area contributed by atoms with Crippen LogP contribution in [0.2, 0.25) is 0 Å². The van der Waals surface area contributed by atoms with Crippen molar-refractivity contribution in [2.75, 3.05) is 20.3 Å². The number of hydrogen-bond donors (Lipinski definition) is 1. The van der Waals surface area contributed by atoms with Crippen molar-refractivity contribution in [3.63, 3.8) is 0 Å². The number of rotatable bonds is 7. The zero-order valence-corrected chi connectivity index (χ0v) is 12.3. The summed E-state index contributed by atoms with van der Waals surface area (Å²) in [6.45, 7) is 1.73. The van der Waals surface area contributed by atoms with E-state index in [0.29, 0.717) is 25.3 Å². The number of aromatic nitrogens is 3. The maximum atomic E-state index is 14.0. The number of aryl methyl sites for hydroxylation is 1. The summed E-state index contributed by atoms with van der Waals surface area (Å²) in [6, 6.07) is 5.05. The lowest BCUT2D eigenvalue weighted by Gasteiger charge is -2.10. The fourth-order valence-electron chi connectivity index (χ4n) is 1.67. The van der Waals surface area contributed by atoms with Crippen molar-refractivity contribution in [1.29, 1.82) is 0 Å². The first-order chi connectivity index (χ1) is 9.72. The van der Waals surface area contributed by atoms with Crippen LogP contribution >= 0.6 is 11.8 Å². The number of benzene rings is 1. The van der Waals surface area contributed by atoms with Gasteiger partial charge in [-0.25, -0.2) is 14.1 Å². The van der Waals surface area contributed by atoms with Gasteiger partial charge in [0, 0.05) is 37.7 Å². The molecule has 0 amide bonds. The topological polar surface area (TPSA) is 52.0 Å². The first-order valence-electron chi connectivity index (χ1n) is 6.21. The summed E-state index contributed by atoms with van der Waals surface area (Å²) in [5.41, 5.74) is 0.636. The summed E-state index contributed by atoms with van der Waals surface area (Å²) in [5.74, 6) is -0.220. The number of hydrogen-bond acceptors (Lipinski definition) is 5. The molecule has 0 saturated carbocycles. The van der Waals surface area contributed by atoms with Crippen LogP contribution in [0, 0.1) is 5.82 Å². The largest absolute Gasteiger partial charge is 0.383 e. The minimum Gasteiger partial charge on any atom is -0.383 e. The van der Waals surface area contributed by atoms with Gasteiger partial charge < -0.3 is 10.1 Å². The van der Waals surface area contributed by atoms with E-state index in [4.69, 9.17) is 4.74 Å². The minimum atomic E-state index is -0.220. The number of ether oxygens (including phenoxy) is 1. The number of nitrogens with one attached hydrogen (secondary N) is 1. The summed E-state index contributed by atoms with van der Waals surface area (Å²) in [4.78, 5) is 4.98. The van der Waals surface area contributed by atoms with Crippen LogP contribution in [-0.2, 0) is 18.3 Å². The second-order valence-corrected chi connectivity index (χ2v) is 5.16. The van der Waals surface area contributed by atoms with Crippen molar-refractivity contribution in [2.24, 2.45) is 7.05 Å². The van der Waals surface area contributed by atoms with E-state index in [0.717, 1.165) is 10.1 Å². The smallest absolute Gasteiger partial charge is 0.190 e. The fraction of sp³-hybridized carbons (Fsp3) is 0.385. The minimum absolute atomic E-state index is 0.220. The summed E-state index contributed by atoms with van der Waals surface area (Å²) < 4.78 is 20.6. The van der Waals surface area contributed by atoms with Crippen LogP contribution in [0.25, 0.3) is 0 Å². The maximum Gasteiger partial charge on any atom is 0.190 e. The molecular formula is C13H17FN4OS. The molecule has 0 saturated heterocycles. The van der Waals surface area contributed by atoms with E-state index < -0.39 is 0 Å². The van der Waals surface area contributed by atoms with E-state index >= 15 is 0 Å². The number of methoxy groups -OCH3 is 1. The molecule has 0 aliphatic carbocycles. The molecule has 5 nitrogen and oxygen atoms in total. The Morgan fingerprint density at radius 2 is 2.30 bits per heavy atom. The van der Waals surface area contributed by atoms with Gasteiger partial charge in [-0.05, 0) is 23.9 Å². The van der Waals surface area contributed by atoms with Crippen molar-refractivity contribution in [1.82, 2.24) is 20.1 Å². The molecule has 0 fully saturated rings. The standard InChI is InChI=1S/C13H17FN4OS/c1-18-13(16-9-17-18)20-12-5-3-4-11(14)10(12)8-15-6-7-19-2/h3-5,9,15H,6-8H2,1-2H3. The van der Waals surface area contributed by atoms with Crippen molar-refractivity contribution >= 4 is 11.8 Å². The Morgan fingerprint density at radius 3 is 3.00 bits per heavy atom. The molecule has 0 unspecified atom stereocenters. The third kappa shape index (κ3) is 3.78. The molecule has 0 bridgehead atoms. The Bertz CT molecular complexity index is 561. The van der Waals surface area contributed by atoms with E-state index in [1.165, 1.54) is 24.2 Å². The molecule has 0 aliphatic heterocycles. The van der Waals surface area contributed by atoms with Gasteiger partial charge in [0.1, 0.15) is 12.1 Å². The first-order valence-corrected chi connectivity index (χ1v) is 7.03. The molecule has 2 rings (SSSR count). The second-order valence-electron chi connectivity index (χ2n) is 4.15. The Balaban J connectivity index is 2.11. The monoisotopic (exact) mass is 296 g/mol. The van der Waals surface area contributed by atoms with Crippen LogP contribution in [0.5, 0.6) is 0 Å². The van der Waals surface area contributed by atoms with Crippen LogP contribution in [0.1, 0.15) is 5.56 Å². The Kier molecular flexibility index (Phi) is 5.51. The molecule has 108 valence electrons. The normalized spacial score (nSPS) is 10.9. The van der Waals surface area contributed by atoms with Crippen LogP contribution in [0.15, 0.2) is 34.6 Å². The molecule has 1 N–H and O–H groups in total. The molecule has 0 aliphatic rings. The summed E-state index contributed by atoms with van der Waals surface area (Å²) in [7, 11) is 3.45. The third-order valence-corrected chi connectivity index (χ3v) is 3.89. The van der Waals surface area contributed by atoms with Gasteiger partial charge in [0.15, 0.2) is 5.16 Å². The molecule has 0 radical (unpaired) electrons. The van der Waals surface area contributed by atoms with Crippen LogP contribution < -0.4 is 5.32 Å². The van der Waals surface area contributed by atoms with Gasteiger partial charge in [-0.1, -0.05) is 6.07 Å². The molecule has 20 heavy (non-hydrogen) atoms. The number of halogens is 1. The van der Waals surface area contributed by atoms with Gasteiger partial charge in [0.05, 0.1) is 6.61 Å². The highest BCUT2D eigenvalue weighted by Gasteiger charge is 2.11. The lowest BCUT2D eigenvalue weighted by molar-refractivity contribution is 0.199. The van der Waals surface area contributed by atoms with Gasteiger partial charge >= 0.3 is 0 Å². The van der Waals surface area contributed by atoms with Crippen LogP contribution in [0.3, 0.4) is 0 Å². The molecule has 1 aromatic carbocycles. The van der Waals surface area contributed by atoms with Gasteiger partial charge in [-0.2, -0.15) is 5.10 Å². The molecule has 0 spiro atoms. The molecule has 7 heteroatoms. The van der Waals surface area contributed by atoms with E-state index in [9.17, 15) is 4.39 Å². The Labute approximate surface area is 121 Å². The lowest BCUT2D eigenvalue weighted by Crippen LogP contribution is -2.19. The second kappa shape index (κ2) is 7.37. The van der Waals surface area contributed by atoms with Crippen molar-refractivity contribution < 1.29 is 9.13 Å². The van der Waals surface area contributed by atoms with Crippen LogP contribution in [-0.4, -0.2) is 35.0 Å². The maximum absolute atomic E-state index is 14.0.